The molecular formula is C8H9N5OS. The zero-order valence-corrected chi connectivity index (χ0v) is 8.84. The van der Waals surface area contributed by atoms with Gasteiger partial charge in [-0.05, 0) is 18.5 Å². The Kier molecular flexibility index (Phi) is 2.72. The molecule has 2 aromatic rings. The Morgan fingerprint density at radius 2 is 2.53 bits per heavy atom. The van der Waals surface area contributed by atoms with Gasteiger partial charge in [-0.1, -0.05) is 4.49 Å². The van der Waals surface area contributed by atoms with Gasteiger partial charge in [0.1, 0.15) is 0 Å². The molecule has 0 aliphatic heterocycles. The van der Waals surface area contributed by atoms with Crippen molar-refractivity contribution in [1.29, 1.82) is 0 Å². The van der Waals surface area contributed by atoms with Gasteiger partial charge in [-0.15, -0.1) is 5.10 Å². The quantitative estimate of drug-likeness (QED) is 0.793. The van der Waals surface area contributed by atoms with Crippen molar-refractivity contribution in [3.05, 3.63) is 28.5 Å². The van der Waals surface area contributed by atoms with E-state index in [0.717, 1.165) is 22.8 Å². The lowest BCUT2D eigenvalue weighted by Crippen LogP contribution is -2.23. The Hall–Kier alpha value is -1.76. The van der Waals surface area contributed by atoms with Crippen molar-refractivity contribution in [3.63, 3.8) is 0 Å². The third-order valence-corrected chi connectivity index (χ3v) is 2.47. The van der Waals surface area contributed by atoms with Crippen LogP contribution in [0, 0.1) is 6.92 Å². The monoisotopic (exact) mass is 223 g/mol. The fraction of sp³-hybridized carbons (Fsp3) is 0.250. The number of H-pyrrole nitrogens is 1. The summed E-state index contributed by atoms with van der Waals surface area (Å²) in [5.74, 6) is -0.218. The Balaban J connectivity index is 1.95. The van der Waals surface area contributed by atoms with E-state index in [1.165, 1.54) is 0 Å². The minimum absolute atomic E-state index is 0.218. The summed E-state index contributed by atoms with van der Waals surface area (Å²) in [6, 6.07) is 0. The second-order valence-corrected chi connectivity index (χ2v) is 3.60. The van der Waals surface area contributed by atoms with Gasteiger partial charge in [0, 0.05) is 23.2 Å². The number of nitrogens with zero attached hydrogens (tertiary/aromatic N) is 3. The third kappa shape index (κ3) is 2.18. The minimum Gasteiger partial charge on any atom is -0.346 e. The summed E-state index contributed by atoms with van der Waals surface area (Å²) in [6.45, 7) is 2.34. The number of nitrogens with one attached hydrogen (secondary N) is 2. The van der Waals surface area contributed by atoms with Gasteiger partial charge in [0.05, 0.1) is 6.20 Å². The van der Waals surface area contributed by atoms with E-state index in [-0.39, 0.29) is 5.91 Å². The van der Waals surface area contributed by atoms with Crippen LogP contribution in [0.4, 0.5) is 0 Å². The first-order valence-corrected chi connectivity index (χ1v) is 5.15. The predicted molar refractivity (Wildman–Crippen MR) is 54.4 cm³/mol. The van der Waals surface area contributed by atoms with Crippen molar-refractivity contribution in [1.82, 2.24) is 25.1 Å². The molecule has 2 rings (SSSR count). The standard InChI is InChI=1S/C8H9N5OS/c1-5-6(3-10-11-5)2-9-8(14)7-4-15-13-12-7/h3-4H,2H2,1H3,(H,9,14)(H,10,11). The number of carbonyl (C=O) groups is 1. The van der Waals surface area contributed by atoms with E-state index in [1.807, 2.05) is 6.92 Å². The summed E-state index contributed by atoms with van der Waals surface area (Å²) >= 11 is 1.15. The summed E-state index contributed by atoms with van der Waals surface area (Å²) in [6.07, 6.45) is 1.69. The van der Waals surface area contributed by atoms with Crippen molar-refractivity contribution >= 4 is 17.4 Å². The molecule has 0 aliphatic rings. The number of carbonyl (C=O) groups excluding carboxylic acids is 1. The fourth-order valence-electron chi connectivity index (χ4n) is 1.08. The molecule has 2 N–H and O–H groups in total. The maximum atomic E-state index is 11.5. The number of amides is 1. The lowest BCUT2D eigenvalue weighted by molar-refractivity contribution is 0.0946. The van der Waals surface area contributed by atoms with Gasteiger partial charge < -0.3 is 5.32 Å². The zero-order chi connectivity index (χ0) is 10.7. The van der Waals surface area contributed by atoms with Gasteiger partial charge in [-0.2, -0.15) is 5.10 Å². The molecule has 78 valence electrons. The van der Waals surface area contributed by atoms with E-state index < -0.39 is 0 Å². The fourth-order valence-corrected chi connectivity index (χ4v) is 1.52. The third-order valence-electron chi connectivity index (χ3n) is 1.97. The Morgan fingerprint density at radius 1 is 1.67 bits per heavy atom. The van der Waals surface area contributed by atoms with Gasteiger partial charge in [-0.25, -0.2) is 0 Å². The van der Waals surface area contributed by atoms with Crippen LogP contribution in [0.15, 0.2) is 11.6 Å². The van der Waals surface area contributed by atoms with E-state index >= 15 is 0 Å². The highest BCUT2D eigenvalue weighted by molar-refractivity contribution is 7.03. The summed E-state index contributed by atoms with van der Waals surface area (Å²) in [7, 11) is 0. The number of hydrogen-bond donors (Lipinski definition) is 2. The van der Waals surface area contributed by atoms with E-state index in [4.69, 9.17) is 0 Å². The van der Waals surface area contributed by atoms with Gasteiger partial charge >= 0.3 is 0 Å². The van der Waals surface area contributed by atoms with Gasteiger partial charge in [0.25, 0.3) is 5.91 Å². The zero-order valence-electron chi connectivity index (χ0n) is 8.02. The first-order valence-electron chi connectivity index (χ1n) is 4.31. The van der Waals surface area contributed by atoms with Crippen LogP contribution >= 0.6 is 11.5 Å². The first-order chi connectivity index (χ1) is 7.27. The Morgan fingerprint density at radius 3 is 3.13 bits per heavy atom. The lowest BCUT2D eigenvalue weighted by atomic mass is 10.2. The Bertz CT molecular complexity index is 449. The van der Waals surface area contributed by atoms with Crippen LogP contribution in [-0.2, 0) is 6.54 Å². The molecule has 0 saturated heterocycles. The van der Waals surface area contributed by atoms with Gasteiger partial charge in [-0.3, -0.25) is 9.89 Å². The molecule has 0 atom stereocenters. The molecule has 0 unspecified atom stereocenters. The summed E-state index contributed by atoms with van der Waals surface area (Å²) in [5.41, 5.74) is 2.26. The number of aryl methyl sites for hydroxylation is 1. The van der Waals surface area contributed by atoms with E-state index in [1.54, 1.807) is 11.6 Å². The van der Waals surface area contributed by atoms with Crippen LogP contribution in [0.5, 0.6) is 0 Å². The van der Waals surface area contributed by atoms with Crippen LogP contribution < -0.4 is 5.32 Å². The van der Waals surface area contributed by atoms with E-state index in [0.29, 0.717) is 12.2 Å². The molecule has 0 fully saturated rings. The molecule has 6 nitrogen and oxygen atoms in total. The van der Waals surface area contributed by atoms with Crippen LogP contribution in [0.25, 0.3) is 0 Å². The molecule has 1 amide bonds. The molecule has 0 aromatic carbocycles. The average Bonchev–Trinajstić information content (AvgIpc) is 2.85. The number of aromatic amines is 1. The van der Waals surface area contributed by atoms with Crippen LogP contribution in [0.1, 0.15) is 21.7 Å². The second-order valence-electron chi connectivity index (χ2n) is 2.99. The summed E-state index contributed by atoms with van der Waals surface area (Å²) in [5, 5.41) is 14.7. The van der Waals surface area contributed by atoms with Gasteiger partial charge in [0.2, 0.25) is 0 Å². The predicted octanol–water partition coefficient (Wildman–Crippen LogP) is 0.500. The minimum atomic E-state index is -0.218. The van der Waals surface area contributed by atoms with Crippen LogP contribution in [-0.4, -0.2) is 25.7 Å². The average molecular weight is 223 g/mol. The highest BCUT2D eigenvalue weighted by Crippen LogP contribution is 2.02. The molecule has 0 saturated carbocycles. The highest BCUT2D eigenvalue weighted by Gasteiger charge is 2.09. The second kappa shape index (κ2) is 4.18. The molecule has 0 spiro atoms. The normalized spacial score (nSPS) is 10.2. The molecule has 0 bridgehead atoms. The SMILES string of the molecule is Cc1[nH]ncc1CNC(=O)c1csnn1. The van der Waals surface area contributed by atoms with Crippen LogP contribution in [0.3, 0.4) is 0 Å². The van der Waals surface area contributed by atoms with Crippen molar-refractivity contribution in [3.8, 4) is 0 Å². The maximum absolute atomic E-state index is 11.5. The number of hydrogen-bond acceptors (Lipinski definition) is 5. The first kappa shape index (κ1) is 9.78. The number of rotatable bonds is 3. The van der Waals surface area contributed by atoms with Crippen molar-refractivity contribution in [2.45, 2.75) is 13.5 Å². The maximum Gasteiger partial charge on any atom is 0.273 e. The molecule has 7 heteroatoms. The van der Waals surface area contributed by atoms with Gasteiger partial charge in [0.15, 0.2) is 5.69 Å². The highest BCUT2D eigenvalue weighted by atomic mass is 32.1. The largest absolute Gasteiger partial charge is 0.346 e. The van der Waals surface area contributed by atoms with Crippen molar-refractivity contribution in [2.75, 3.05) is 0 Å². The van der Waals surface area contributed by atoms with E-state index in [2.05, 4.69) is 25.1 Å². The topological polar surface area (TPSA) is 83.6 Å². The van der Waals surface area contributed by atoms with Crippen LogP contribution in [0.2, 0.25) is 0 Å². The molecular weight excluding hydrogens is 214 g/mol. The van der Waals surface area contributed by atoms with Crippen molar-refractivity contribution in [2.24, 2.45) is 0 Å². The molecule has 0 radical (unpaired) electrons. The molecule has 2 aromatic heterocycles. The molecule has 15 heavy (non-hydrogen) atoms. The smallest absolute Gasteiger partial charge is 0.273 e. The molecule has 2 heterocycles. The molecule has 0 aliphatic carbocycles. The van der Waals surface area contributed by atoms with E-state index in [9.17, 15) is 4.79 Å². The summed E-state index contributed by atoms with van der Waals surface area (Å²) < 4.78 is 3.62. The number of aromatic nitrogens is 4. The summed E-state index contributed by atoms with van der Waals surface area (Å²) in [4.78, 5) is 11.5. The lowest BCUT2D eigenvalue weighted by Gasteiger charge is -2.00. The van der Waals surface area contributed by atoms with Crippen molar-refractivity contribution < 1.29 is 4.79 Å². The Labute approximate surface area is 89.9 Å².